The first-order valence-corrected chi connectivity index (χ1v) is 11.7. The molecule has 2 N–H and O–H groups in total. The van der Waals surface area contributed by atoms with E-state index in [-0.39, 0.29) is 0 Å². The molecule has 4 rings (SSSR count). The lowest BCUT2D eigenvalue weighted by molar-refractivity contribution is -0.131. The van der Waals surface area contributed by atoms with Crippen LogP contribution in [0.1, 0.15) is 17.4 Å². The number of anilines is 1. The second-order valence-corrected chi connectivity index (χ2v) is 8.46. The minimum atomic E-state index is -1.01. The summed E-state index contributed by atoms with van der Waals surface area (Å²) in [5.74, 6) is 1.20. The summed E-state index contributed by atoms with van der Waals surface area (Å²) in [6.07, 6.45) is 4.93. The maximum atomic E-state index is 10.9. The number of hydrogen-bond acceptors (Lipinski definition) is 7. The minimum absolute atomic E-state index is 0.484. The maximum Gasteiger partial charge on any atom is 0.328 e. The summed E-state index contributed by atoms with van der Waals surface area (Å²) in [6.45, 7) is 3.04. The second-order valence-electron chi connectivity index (χ2n) is 7.38. The summed E-state index contributed by atoms with van der Waals surface area (Å²) >= 11 is 1.42. The Hall–Kier alpha value is -3.91. The van der Waals surface area contributed by atoms with Gasteiger partial charge in [0, 0.05) is 30.3 Å². The van der Waals surface area contributed by atoms with E-state index < -0.39 is 5.97 Å². The molecule has 0 bridgehead atoms. The summed E-state index contributed by atoms with van der Waals surface area (Å²) in [4.78, 5) is 21.3. The van der Waals surface area contributed by atoms with E-state index in [1.54, 1.807) is 13.2 Å². The fourth-order valence-corrected chi connectivity index (χ4v) is 4.69. The number of carboxylic acid groups (broad SMARTS) is 1. The van der Waals surface area contributed by atoms with Crippen molar-refractivity contribution in [3.63, 3.8) is 0 Å². The first kappa shape index (κ1) is 23.3. The molecule has 0 amide bonds. The molecule has 0 aliphatic carbocycles. The van der Waals surface area contributed by atoms with Gasteiger partial charge in [-0.05, 0) is 36.3 Å². The van der Waals surface area contributed by atoms with Crippen molar-refractivity contribution in [1.82, 2.24) is 9.97 Å². The van der Waals surface area contributed by atoms with Gasteiger partial charge in [0.25, 0.3) is 0 Å². The van der Waals surface area contributed by atoms with Gasteiger partial charge in [-0.1, -0.05) is 30.3 Å². The quantitative estimate of drug-likeness (QED) is 0.292. The Morgan fingerprint density at radius 1 is 1.15 bits per heavy atom. The summed E-state index contributed by atoms with van der Waals surface area (Å²) in [5.41, 5.74) is 1.89. The molecule has 34 heavy (non-hydrogen) atoms. The normalized spacial score (nSPS) is 11.1. The lowest BCUT2D eigenvalue weighted by Crippen LogP contribution is -2.08. The van der Waals surface area contributed by atoms with Crippen LogP contribution in [0.15, 0.2) is 60.9 Å². The van der Waals surface area contributed by atoms with Crippen LogP contribution in [-0.4, -0.2) is 41.3 Å². The fourth-order valence-electron chi connectivity index (χ4n) is 3.72. The van der Waals surface area contributed by atoms with Crippen LogP contribution in [0.2, 0.25) is 0 Å². The zero-order valence-corrected chi connectivity index (χ0v) is 19.8. The van der Waals surface area contributed by atoms with E-state index in [0.29, 0.717) is 24.7 Å². The minimum Gasteiger partial charge on any atom is -0.496 e. The number of hydrogen-bond donors (Lipinski definition) is 2. The lowest BCUT2D eigenvalue weighted by Gasteiger charge is -2.13. The molecular formula is C26H25N3O4S. The molecule has 7 nitrogen and oxygen atoms in total. The first-order valence-electron chi connectivity index (χ1n) is 10.9. The molecule has 2 heterocycles. The zero-order chi connectivity index (χ0) is 23.9. The van der Waals surface area contributed by atoms with Gasteiger partial charge in [0.1, 0.15) is 23.6 Å². The molecule has 0 fully saturated rings. The largest absolute Gasteiger partial charge is 0.496 e. The number of ether oxygens (including phenoxy) is 2. The maximum absolute atomic E-state index is 10.9. The Balaban J connectivity index is 1.52. The van der Waals surface area contributed by atoms with Crippen LogP contribution in [0.25, 0.3) is 27.4 Å². The fraction of sp³-hybridized carbons (Fsp3) is 0.192. The molecule has 0 unspecified atom stereocenters. The van der Waals surface area contributed by atoms with E-state index in [1.807, 2.05) is 37.3 Å². The highest BCUT2D eigenvalue weighted by atomic mass is 32.1. The number of thiophene rings is 1. The number of rotatable bonds is 10. The third kappa shape index (κ3) is 5.35. The van der Waals surface area contributed by atoms with E-state index in [9.17, 15) is 4.79 Å². The van der Waals surface area contributed by atoms with Crippen LogP contribution in [0, 0.1) is 0 Å². The van der Waals surface area contributed by atoms with Crippen LogP contribution in [0.3, 0.4) is 0 Å². The van der Waals surface area contributed by atoms with Gasteiger partial charge < -0.3 is 19.9 Å². The lowest BCUT2D eigenvalue weighted by atomic mass is 10.0. The molecule has 2 aromatic carbocycles. The van der Waals surface area contributed by atoms with Gasteiger partial charge in [0.15, 0.2) is 0 Å². The van der Waals surface area contributed by atoms with Gasteiger partial charge in [-0.15, -0.1) is 11.3 Å². The third-order valence-corrected chi connectivity index (χ3v) is 6.32. The molecule has 0 aliphatic heterocycles. The smallest absolute Gasteiger partial charge is 0.328 e. The Labute approximate surface area is 201 Å². The molecule has 0 aliphatic rings. The number of aromatic nitrogens is 2. The first-order chi connectivity index (χ1) is 16.6. The summed E-state index contributed by atoms with van der Waals surface area (Å²) in [7, 11) is 1.69. The summed E-state index contributed by atoms with van der Waals surface area (Å²) in [5, 5.41) is 14.7. The van der Waals surface area contributed by atoms with Crippen LogP contribution in [-0.2, 0) is 11.2 Å². The Kier molecular flexibility index (Phi) is 7.39. The van der Waals surface area contributed by atoms with Crippen LogP contribution >= 0.6 is 11.3 Å². The molecule has 4 aromatic rings. The Bertz CT molecular complexity index is 1330. The van der Waals surface area contributed by atoms with Gasteiger partial charge in [-0.25, -0.2) is 14.8 Å². The molecule has 8 heteroatoms. The average molecular weight is 476 g/mol. The van der Waals surface area contributed by atoms with Crippen LogP contribution < -0.4 is 14.8 Å². The molecule has 0 saturated carbocycles. The van der Waals surface area contributed by atoms with E-state index in [4.69, 9.17) is 14.6 Å². The summed E-state index contributed by atoms with van der Waals surface area (Å²) in [6, 6.07) is 16.1. The van der Waals surface area contributed by atoms with Crippen LogP contribution in [0.5, 0.6) is 11.5 Å². The zero-order valence-electron chi connectivity index (χ0n) is 18.9. The van der Waals surface area contributed by atoms with Crippen molar-refractivity contribution < 1.29 is 19.4 Å². The van der Waals surface area contributed by atoms with E-state index in [0.717, 1.165) is 39.3 Å². The highest BCUT2D eigenvalue weighted by Crippen LogP contribution is 2.37. The SMILES string of the molecule is CCOc1cc(-c2cc(NCCc3c(OC)ccc4ccccc34)ncn2)sc1/C=C/C(=O)O. The molecule has 2 aromatic heterocycles. The van der Waals surface area contributed by atoms with Gasteiger partial charge in [0.05, 0.1) is 29.2 Å². The highest BCUT2D eigenvalue weighted by molar-refractivity contribution is 7.16. The molecular weight excluding hydrogens is 450 g/mol. The predicted octanol–water partition coefficient (Wildman–Crippen LogP) is 5.52. The van der Waals surface area contributed by atoms with E-state index in [2.05, 4.69) is 33.5 Å². The predicted molar refractivity (Wildman–Crippen MR) is 136 cm³/mol. The number of methoxy groups -OCH3 is 1. The topological polar surface area (TPSA) is 93.6 Å². The number of carboxylic acids is 1. The Morgan fingerprint density at radius 2 is 2.00 bits per heavy atom. The number of nitrogens with zero attached hydrogens (tertiary/aromatic N) is 2. The Morgan fingerprint density at radius 3 is 2.79 bits per heavy atom. The number of carbonyl (C=O) groups is 1. The van der Waals surface area contributed by atoms with E-state index >= 15 is 0 Å². The molecule has 0 spiro atoms. The van der Waals surface area contributed by atoms with Gasteiger partial charge >= 0.3 is 5.97 Å². The van der Waals surface area contributed by atoms with Crippen molar-refractivity contribution in [3.8, 4) is 22.1 Å². The number of aliphatic carboxylic acids is 1. The molecule has 0 saturated heterocycles. The van der Waals surface area contributed by atoms with Gasteiger partial charge in [-0.2, -0.15) is 0 Å². The number of benzene rings is 2. The third-order valence-electron chi connectivity index (χ3n) is 5.22. The van der Waals surface area contributed by atoms with Crippen molar-refractivity contribution in [2.75, 3.05) is 25.6 Å². The monoisotopic (exact) mass is 475 g/mol. The van der Waals surface area contributed by atoms with Gasteiger partial charge in [0.2, 0.25) is 0 Å². The summed E-state index contributed by atoms with van der Waals surface area (Å²) < 4.78 is 11.3. The standard InChI is InChI=1S/C26H25N3O4S/c1-3-33-22-15-24(34-23(22)10-11-26(30)31)20-14-25(29-16-28-20)27-13-12-19-18-7-5-4-6-17(18)8-9-21(19)32-2/h4-11,14-16H,3,12-13H2,1-2H3,(H,30,31)(H,27,28,29)/b11-10+. The average Bonchev–Trinajstić information content (AvgIpc) is 3.26. The molecule has 0 atom stereocenters. The number of fused-ring (bicyclic) bond motifs is 1. The van der Waals surface area contributed by atoms with Crippen molar-refractivity contribution in [2.45, 2.75) is 13.3 Å². The van der Waals surface area contributed by atoms with Gasteiger partial charge in [-0.3, -0.25) is 0 Å². The van der Waals surface area contributed by atoms with E-state index in [1.165, 1.54) is 28.4 Å². The van der Waals surface area contributed by atoms with Crippen LogP contribution in [0.4, 0.5) is 5.82 Å². The highest BCUT2D eigenvalue weighted by Gasteiger charge is 2.13. The van der Waals surface area contributed by atoms with Crippen molar-refractivity contribution in [2.24, 2.45) is 0 Å². The van der Waals surface area contributed by atoms with Crippen molar-refractivity contribution in [3.05, 3.63) is 71.4 Å². The molecule has 0 radical (unpaired) electrons. The second kappa shape index (κ2) is 10.8. The van der Waals surface area contributed by atoms with Crippen molar-refractivity contribution in [1.29, 1.82) is 0 Å². The number of nitrogens with one attached hydrogen (secondary N) is 1. The van der Waals surface area contributed by atoms with Crippen molar-refractivity contribution >= 4 is 40.0 Å². The molecule has 174 valence electrons.